The largest absolute Gasteiger partial charge is 0.493 e. The van der Waals surface area contributed by atoms with Gasteiger partial charge in [0.25, 0.3) is 0 Å². The van der Waals surface area contributed by atoms with Crippen LogP contribution in [0.3, 0.4) is 0 Å². The van der Waals surface area contributed by atoms with Gasteiger partial charge in [0.2, 0.25) is 0 Å². The normalized spacial score (nSPS) is 15.0. The van der Waals surface area contributed by atoms with Crippen LogP contribution >= 0.6 is 0 Å². The van der Waals surface area contributed by atoms with Crippen molar-refractivity contribution in [2.75, 3.05) is 13.7 Å². The maximum atomic E-state index is 12.8. The molecule has 1 aliphatic heterocycles. The highest BCUT2D eigenvalue weighted by atomic mass is 16.5. The summed E-state index contributed by atoms with van der Waals surface area (Å²) in [4.78, 5) is 12.8. The van der Waals surface area contributed by atoms with Crippen LogP contribution in [-0.4, -0.2) is 19.5 Å². The monoisotopic (exact) mass is 306 g/mol. The second kappa shape index (κ2) is 6.53. The Balaban J connectivity index is 2.03. The van der Waals surface area contributed by atoms with E-state index in [0.29, 0.717) is 29.1 Å². The summed E-state index contributed by atoms with van der Waals surface area (Å²) in [6.45, 7) is 3.99. The molecule has 0 fully saturated rings. The van der Waals surface area contributed by atoms with E-state index in [2.05, 4.69) is 6.58 Å². The minimum Gasteiger partial charge on any atom is -0.493 e. The standard InChI is InChI=1S/C20H18O3/c1-3-7-15-11-17-19(21)16(10-14-8-5-4-6-9-14)13-23-20(17)18(12-15)22-2/h3-6,8-12H,1,7,13H2,2H3/b16-10+. The maximum Gasteiger partial charge on any atom is 0.196 e. The molecule has 0 unspecified atom stereocenters. The second-order valence-electron chi connectivity index (χ2n) is 5.37. The fraction of sp³-hybridized carbons (Fsp3) is 0.150. The van der Waals surface area contributed by atoms with Gasteiger partial charge in [0.15, 0.2) is 17.3 Å². The molecule has 3 nitrogen and oxygen atoms in total. The number of carbonyl (C=O) groups excluding carboxylic acids is 1. The maximum absolute atomic E-state index is 12.8. The predicted octanol–water partition coefficient (Wildman–Crippen LogP) is 4.08. The molecule has 0 radical (unpaired) electrons. The Morgan fingerprint density at radius 1 is 1.26 bits per heavy atom. The van der Waals surface area contributed by atoms with Crippen molar-refractivity contribution in [2.45, 2.75) is 6.42 Å². The fourth-order valence-corrected chi connectivity index (χ4v) is 2.66. The van der Waals surface area contributed by atoms with Gasteiger partial charge in [-0.3, -0.25) is 4.79 Å². The SMILES string of the molecule is C=CCc1cc(OC)c2c(c1)C(=O)/C(=C/c1ccccc1)CO2. The number of ether oxygens (including phenoxy) is 2. The van der Waals surface area contributed by atoms with E-state index in [1.807, 2.05) is 48.5 Å². The molecular formula is C20H18O3. The lowest BCUT2D eigenvalue weighted by Crippen LogP contribution is -2.20. The van der Waals surface area contributed by atoms with Gasteiger partial charge < -0.3 is 9.47 Å². The zero-order valence-electron chi connectivity index (χ0n) is 13.0. The summed E-state index contributed by atoms with van der Waals surface area (Å²) in [5, 5.41) is 0. The lowest BCUT2D eigenvalue weighted by molar-refractivity contribution is 0.0998. The first-order valence-corrected chi connectivity index (χ1v) is 7.48. The first-order chi connectivity index (χ1) is 11.2. The number of hydrogen-bond donors (Lipinski definition) is 0. The average molecular weight is 306 g/mol. The molecule has 0 N–H and O–H groups in total. The zero-order chi connectivity index (χ0) is 16.2. The van der Waals surface area contributed by atoms with E-state index in [1.54, 1.807) is 13.2 Å². The van der Waals surface area contributed by atoms with Crippen molar-refractivity contribution >= 4 is 11.9 Å². The number of ketones is 1. The van der Waals surface area contributed by atoms with Crippen LogP contribution in [-0.2, 0) is 6.42 Å². The van der Waals surface area contributed by atoms with E-state index in [0.717, 1.165) is 11.1 Å². The molecular weight excluding hydrogens is 288 g/mol. The molecule has 2 aromatic rings. The lowest BCUT2D eigenvalue weighted by atomic mass is 9.95. The average Bonchev–Trinajstić information content (AvgIpc) is 2.58. The van der Waals surface area contributed by atoms with Gasteiger partial charge >= 0.3 is 0 Å². The third kappa shape index (κ3) is 3.04. The third-order valence-corrected chi connectivity index (χ3v) is 3.76. The smallest absolute Gasteiger partial charge is 0.196 e. The zero-order valence-corrected chi connectivity index (χ0v) is 13.0. The fourth-order valence-electron chi connectivity index (χ4n) is 2.66. The molecule has 0 saturated heterocycles. The van der Waals surface area contributed by atoms with Crippen LogP contribution < -0.4 is 9.47 Å². The predicted molar refractivity (Wildman–Crippen MR) is 91.1 cm³/mol. The topological polar surface area (TPSA) is 35.5 Å². The molecule has 23 heavy (non-hydrogen) atoms. The van der Waals surface area contributed by atoms with Crippen molar-refractivity contribution in [1.82, 2.24) is 0 Å². The molecule has 0 aromatic heterocycles. The minimum absolute atomic E-state index is 0.0145. The van der Waals surface area contributed by atoms with Crippen LogP contribution in [0.25, 0.3) is 6.08 Å². The van der Waals surface area contributed by atoms with Crippen molar-refractivity contribution < 1.29 is 14.3 Å². The van der Waals surface area contributed by atoms with Crippen LogP contribution in [0.4, 0.5) is 0 Å². The Hall–Kier alpha value is -2.81. The van der Waals surface area contributed by atoms with Gasteiger partial charge in [0.05, 0.1) is 12.7 Å². The quantitative estimate of drug-likeness (QED) is 0.630. The summed E-state index contributed by atoms with van der Waals surface area (Å²) in [7, 11) is 1.58. The summed E-state index contributed by atoms with van der Waals surface area (Å²) >= 11 is 0. The Labute approximate surface area is 135 Å². The van der Waals surface area contributed by atoms with Gasteiger partial charge in [0.1, 0.15) is 6.61 Å². The minimum atomic E-state index is -0.0145. The van der Waals surface area contributed by atoms with E-state index in [-0.39, 0.29) is 12.4 Å². The van der Waals surface area contributed by atoms with E-state index in [1.165, 1.54) is 0 Å². The summed E-state index contributed by atoms with van der Waals surface area (Å²) in [5.41, 5.74) is 3.15. The van der Waals surface area contributed by atoms with Crippen LogP contribution in [0.15, 0.2) is 60.7 Å². The van der Waals surface area contributed by atoms with Crippen LogP contribution in [0, 0.1) is 0 Å². The number of hydrogen-bond acceptors (Lipinski definition) is 3. The molecule has 1 heterocycles. The van der Waals surface area contributed by atoms with Gasteiger partial charge in [-0.05, 0) is 35.8 Å². The summed E-state index contributed by atoms with van der Waals surface area (Å²) in [6.07, 6.45) is 4.35. The number of benzene rings is 2. The second-order valence-corrected chi connectivity index (χ2v) is 5.37. The molecule has 0 aliphatic carbocycles. The van der Waals surface area contributed by atoms with Crippen molar-refractivity contribution in [3.05, 3.63) is 77.4 Å². The molecule has 0 spiro atoms. The molecule has 0 bridgehead atoms. The van der Waals surface area contributed by atoms with Crippen LogP contribution in [0.2, 0.25) is 0 Å². The van der Waals surface area contributed by atoms with Gasteiger partial charge in [0, 0.05) is 5.57 Å². The molecule has 0 atom stereocenters. The molecule has 3 heteroatoms. The lowest BCUT2D eigenvalue weighted by Gasteiger charge is -2.22. The number of methoxy groups -OCH3 is 1. The highest BCUT2D eigenvalue weighted by Crippen LogP contribution is 2.38. The van der Waals surface area contributed by atoms with E-state index in [4.69, 9.17) is 9.47 Å². The number of carbonyl (C=O) groups is 1. The van der Waals surface area contributed by atoms with Crippen LogP contribution in [0.5, 0.6) is 11.5 Å². The van der Waals surface area contributed by atoms with E-state index >= 15 is 0 Å². The third-order valence-electron chi connectivity index (χ3n) is 3.76. The Kier molecular flexibility index (Phi) is 4.29. The van der Waals surface area contributed by atoms with Gasteiger partial charge in [-0.1, -0.05) is 36.4 Å². The van der Waals surface area contributed by atoms with Crippen molar-refractivity contribution in [1.29, 1.82) is 0 Å². The van der Waals surface area contributed by atoms with Gasteiger partial charge in [-0.15, -0.1) is 6.58 Å². The number of fused-ring (bicyclic) bond motifs is 1. The first-order valence-electron chi connectivity index (χ1n) is 7.48. The molecule has 0 amide bonds. The van der Waals surface area contributed by atoms with E-state index < -0.39 is 0 Å². The first kappa shape index (κ1) is 15.1. The molecule has 0 saturated carbocycles. The Morgan fingerprint density at radius 3 is 2.74 bits per heavy atom. The number of Topliss-reactive ketones (excluding diaryl/α,β-unsaturated/α-hetero) is 1. The Bertz CT molecular complexity index is 773. The summed E-state index contributed by atoms with van der Waals surface area (Å²) in [6, 6.07) is 13.5. The highest BCUT2D eigenvalue weighted by Gasteiger charge is 2.27. The number of allylic oxidation sites excluding steroid dienone is 1. The molecule has 1 aliphatic rings. The van der Waals surface area contributed by atoms with Crippen molar-refractivity contribution in [3.8, 4) is 11.5 Å². The molecule has 116 valence electrons. The number of rotatable bonds is 4. The van der Waals surface area contributed by atoms with Gasteiger partial charge in [-0.25, -0.2) is 0 Å². The molecule has 2 aromatic carbocycles. The van der Waals surface area contributed by atoms with Crippen molar-refractivity contribution in [2.24, 2.45) is 0 Å². The van der Waals surface area contributed by atoms with Crippen LogP contribution in [0.1, 0.15) is 21.5 Å². The van der Waals surface area contributed by atoms with Gasteiger partial charge in [-0.2, -0.15) is 0 Å². The Morgan fingerprint density at radius 2 is 2.04 bits per heavy atom. The highest BCUT2D eigenvalue weighted by molar-refractivity contribution is 6.14. The summed E-state index contributed by atoms with van der Waals surface area (Å²) in [5.74, 6) is 1.10. The van der Waals surface area contributed by atoms with E-state index in [9.17, 15) is 4.79 Å². The van der Waals surface area contributed by atoms with Crippen molar-refractivity contribution in [3.63, 3.8) is 0 Å². The molecule has 3 rings (SSSR count). The summed E-state index contributed by atoms with van der Waals surface area (Å²) < 4.78 is 11.2.